The Kier molecular flexibility index (Phi) is 6.47. The summed E-state index contributed by atoms with van der Waals surface area (Å²) in [5.74, 6) is 0.0909. The maximum atomic E-state index is 12.2. The summed E-state index contributed by atoms with van der Waals surface area (Å²) in [6, 6.07) is 19.8. The van der Waals surface area contributed by atoms with Gasteiger partial charge in [0.2, 0.25) is 11.1 Å². The molecular weight excluding hydrogens is 410 g/mol. The van der Waals surface area contributed by atoms with Gasteiger partial charge in [0.05, 0.1) is 11.4 Å². The third-order valence-electron chi connectivity index (χ3n) is 4.95. The Labute approximate surface area is 183 Å². The first-order valence-corrected chi connectivity index (χ1v) is 11.1. The van der Waals surface area contributed by atoms with E-state index in [2.05, 4.69) is 39.7 Å². The number of hydrogen-bond acceptors (Lipinski definition) is 5. The van der Waals surface area contributed by atoms with Crippen molar-refractivity contribution in [2.75, 3.05) is 12.3 Å². The van der Waals surface area contributed by atoms with Crippen LogP contribution in [0.3, 0.4) is 0 Å². The number of aromatic amines is 1. The number of fused-ring (bicyclic) bond motifs is 1. The number of thioether (sulfide) groups is 1. The lowest BCUT2D eigenvalue weighted by Gasteiger charge is -2.06. The van der Waals surface area contributed by atoms with Gasteiger partial charge < -0.3 is 5.32 Å². The summed E-state index contributed by atoms with van der Waals surface area (Å²) in [4.78, 5) is 24.5. The van der Waals surface area contributed by atoms with E-state index in [0.717, 1.165) is 18.4 Å². The molecule has 0 unspecified atom stereocenters. The Balaban J connectivity index is 1.43. The highest BCUT2D eigenvalue weighted by Gasteiger charge is 2.13. The van der Waals surface area contributed by atoms with Gasteiger partial charge in [0.1, 0.15) is 5.52 Å². The maximum Gasteiger partial charge on any atom is 0.290 e. The van der Waals surface area contributed by atoms with Gasteiger partial charge in [0.15, 0.2) is 0 Å². The van der Waals surface area contributed by atoms with E-state index >= 15 is 0 Å². The van der Waals surface area contributed by atoms with Crippen LogP contribution >= 0.6 is 11.8 Å². The molecule has 31 heavy (non-hydrogen) atoms. The second-order valence-electron chi connectivity index (χ2n) is 7.09. The molecule has 0 spiro atoms. The predicted molar refractivity (Wildman–Crippen MR) is 122 cm³/mol. The molecular formula is C23H23N5O2S. The van der Waals surface area contributed by atoms with Crippen LogP contribution in [0.25, 0.3) is 16.8 Å². The molecule has 2 aromatic carbocycles. The van der Waals surface area contributed by atoms with E-state index in [1.807, 2.05) is 42.5 Å². The van der Waals surface area contributed by atoms with Gasteiger partial charge in [-0.25, -0.2) is 9.61 Å². The SMILES string of the molecule is CCc1ccc(-c2cc3c(=O)[nH]nc(SCC(=O)NCCc4ccccc4)n3n2)cc1. The van der Waals surface area contributed by atoms with Gasteiger partial charge in [-0.1, -0.05) is 73.3 Å². The van der Waals surface area contributed by atoms with E-state index in [1.54, 1.807) is 6.07 Å². The molecule has 4 rings (SSSR count). The van der Waals surface area contributed by atoms with Crippen molar-refractivity contribution in [2.45, 2.75) is 24.9 Å². The van der Waals surface area contributed by atoms with Gasteiger partial charge in [-0.05, 0) is 30.0 Å². The standard InChI is InChI=1S/C23H23N5O2S/c1-2-16-8-10-18(11-9-16)19-14-20-22(30)25-26-23(28(20)27-19)31-15-21(29)24-13-12-17-6-4-3-5-7-17/h3-11,14H,2,12-13,15H2,1H3,(H,24,29)(H,25,30). The fourth-order valence-corrected chi connectivity index (χ4v) is 3.94. The number of rotatable bonds is 8. The fraction of sp³-hybridized carbons (Fsp3) is 0.217. The molecule has 0 saturated carbocycles. The van der Waals surface area contributed by atoms with Gasteiger partial charge in [-0.3, -0.25) is 9.59 Å². The second-order valence-corrected chi connectivity index (χ2v) is 8.03. The molecule has 2 heterocycles. The Morgan fingerprint density at radius 3 is 2.61 bits per heavy atom. The molecule has 0 aliphatic carbocycles. The molecule has 0 fully saturated rings. The topological polar surface area (TPSA) is 92.1 Å². The summed E-state index contributed by atoms with van der Waals surface area (Å²) in [6.07, 6.45) is 1.74. The summed E-state index contributed by atoms with van der Waals surface area (Å²) in [6.45, 7) is 2.67. The van der Waals surface area contributed by atoms with Gasteiger partial charge in [-0.15, -0.1) is 5.10 Å². The lowest BCUT2D eigenvalue weighted by Crippen LogP contribution is -2.27. The highest BCUT2D eigenvalue weighted by atomic mass is 32.2. The minimum Gasteiger partial charge on any atom is -0.355 e. The number of hydrogen-bond donors (Lipinski definition) is 2. The van der Waals surface area contributed by atoms with Crippen molar-refractivity contribution in [3.8, 4) is 11.3 Å². The molecule has 158 valence electrons. The molecule has 0 atom stereocenters. The smallest absolute Gasteiger partial charge is 0.290 e. The number of benzene rings is 2. The highest BCUT2D eigenvalue weighted by molar-refractivity contribution is 7.99. The van der Waals surface area contributed by atoms with E-state index in [9.17, 15) is 9.59 Å². The first-order chi connectivity index (χ1) is 15.1. The lowest BCUT2D eigenvalue weighted by atomic mass is 10.1. The van der Waals surface area contributed by atoms with Crippen LogP contribution in [0.15, 0.2) is 70.6 Å². The number of amides is 1. The Morgan fingerprint density at radius 2 is 1.87 bits per heavy atom. The average molecular weight is 434 g/mol. The zero-order chi connectivity index (χ0) is 21.6. The molecule has 8 heteroatoms. The largest absolute Gasteiger partial charge is 0.355 e. The zero-order valence-corrected chi connectivity index (χ0v) is 18.0. The Bertz CT molecular complexity index is 1230. The van der Waals surface area contributed by atoms with Crippen LogP contribution in [0.1, 0.15) is 18.1 Å². The van der Waals surface area contributed by atoms with Crippen molar-refractivity contribution >= 4 is 23.2 Å². The lowest BCUT2D eigenvalue weighted by molar-refractivity contribution is -0.118. The molecule has 0 radical (unpaired) electrons. The van der Waals surface area contributed by atoms with E-state index in [1.165, 1.54) is 27.4 Å². The summed E-state index contributed by atoms with van der Waals surface area (Å²) in [7, 11) is 0. The van der Waals surface area contributed by atoms with Crippen LogP contribution in [0, 0.1) is 0 Å². The fourth-order valence-electron chi connectivity index (χ4n) is 3.21. The van der Waals surface area contributed by atoms with Gasteiger partial charge in [0, 0.05) is 12.1 Å². The van der Waals surface area contributed by atoms with Crippen LogP contribution < -0.4 is 10.9 Å². The average Bonchev–Trinajstić information content (AvgIpc) is 3.26. The number of H-pyrrole nitrogens is 1. The molecule has 0 aliphatic rings. The van der Waals surface area contributed by atoms with Crippen LogP contribution in [0.5, 0.6) is 0 Å². The summed E-state index contributed by atoms with van der Waals surface area (Å²) in [5.41, 5.74) is 4.11. The molecule has 2 N–H and O–H groups in total. The molecule has 4 aromatic rings. The van der Waals surface area contributed by atoms with Crippen LogP contribution in [-0.4, -0.2) is 38.0 Å². The minimum absolute atomic E-state index is 0.0929. The van der Waals surface area contributed by atoms with Crippen molar-refractivity contribution in [3.05, 3.63) is 82.1 Å². The number of nitrogens with one attached hydrogen (secondary N) is 2. The van der Waals surface area contributed by atoms with Crippen molar-refractivity contribution in [1.29, 1.82) is 0 Å². The second kappa shape index (κ2) is 9.61. The maximum absolute atomic E-state index is 12.2. The van der Waals surface area contributed by atoms with Gasteiger partial charge >= 0.3 is 0 Å². The van der Waals surface area contributed by atoms with E-state index in [-0.39, 0.29) is 17.2 Å². The van der Waals surface area contributed by atoms with Crippen molar-refractivity contribution in [3.63, 3.8) is 0 Å². The number of nitrogens with zero attached hydrogens (tertiary/aromatic N) is 3. The number of carbonyl (C=O) groups is 1. The Hall–Kier alpha value is -3.39. The first kappa shape index (κ1) is 20.9. The molecule has 2 aromatic heterocycles. The number of aryl methyl sites for hydroxylation is 1. The molecule has 7 nitrogen and oxygen atoms in total. The molecule has 1 amide bonds. The molecule has 0 aliphatic heterocycles. The summed E-state index contributed by atoms with van der Waals surface area (Å²) < 4.78 is 1.50. The first-order valence-electron chi connectivity index (χ1n) is 10.1. The van der Waals surface area contributed by atoms with Crippen LogP contribution in [-0.2, 0) is 17.6 Å². The molecule has 0 saturated heterocycles. The van der Waals surface area contributed by atoms with E-state index < -0.39 is 0 Å². The quantitative estimate of drug-likeness (QED) is 0.417. The summed E-state index contributed by atoms with van der Waals surface area (Å²) >= 11 is 1.23. The summed E-state index contributed by atoms with van der Waals surface area (Å²) in [5, 5.41) is 14.5. The van der Waals surface area contributed by atoms with Crippen molar-refractivity contribution < 1.29 is 4.79 Å². The normalized spacial score (nSPS) is 11.0. The highest BCUT2D eigenvalue weighted by Crippen LogP contribution is 2.22. The third-order valence-corrected chi connectivity index (χ3v) is 5.87. The number of aromatic nitrogens is 4. The molecule has 0 bridgehead atoms. The zero-order valence-electron chi connectivity index (χ0n) is 17.2. The number of carbonyl (C=O) groups excluding carboxylic acids is 1. The minimum atomic E-state index is -0.319. The van der Waals surface area contributed by atoms with Crippen LogP contribution in [0.2, 0.25) is 0 Å². The van der Waals surface area contributed by atoms with Crippen LogP contribution in [0.4, 0.5) is 0 Å². The van der Waals surface area contributed by atoms with E-state index in [0.29, 0.717) is 22.9 Å². The Morgan fingerprint density at radius 1 is 1.10 bits per heavy atom. The van der Waals surface area contributed by atoms with Gasteiger partial charge in [-0.2, -0.15) is 5.10 Å². The monoisotopic (exact) mass is 433 g/mol. The van der Waals surface area contributed by atoms with Crippen molar-refractivity contribution in [1.82, 2.24) is 25.1 Å². The van der Waals surface area contributed by atoms with Crippen molar-refractivity contribution in [2.24, 2.45) is 0 Å². The predicted octanol–water partition coefficient (Wildman–Crippen LogP) is 3.10. The van der Waals surface area contributed by atoms with Gasteiger partial charge in [0.25, 0.3) is 5.56 Å². The third kappa shape index (κ3) is 5.03. The van der Waals surface area contributed by atoms with E-state index in [4.69, 9.17) is 0 Å².